The molecule has 0 unspecified atom stereocenters. The van der Waals surface area contributed by atoms with Gasteiger partial charge in [-0.05, 0) is 49.6 Å². The molecule has 0 aliphatic carbocycles. The van der Waals surface area contributed by atoms with Crippen LogP contribution in [-0.4, -0.2) is 70.8 Å². The Morgan fingerprint density at radius 2 is 2.00 bits per heavy atom. The lowest BCUT2D eigenvalue weighted by Gasteiger charge is -2.40. The molecule has 36 heavy (non-hydrogen) atoms. The fraction of sp³-hybridized carbons (Fsp3) is 0.391. The van der Waals surface area contributed by atoms with Gasteiger partial charge in [-0.1, -0.05) is 0 Å². The second-order valence-corrected chi connectivity index (χ2v) is 11.2. The summed E-state index contributed by atoms with van der Waals surface area (Å²) in [6.07, 6.45) is 1.32. The molecular weight excluding hydrogens is 486 g/mol. The van der Waals surface area contributed by atoms with E-state index in [0.29, 0.717) is 29.6 Å². The molecule has 1 aliphatic heterocycles. The van der Waals surface area contributed by atoms with E-state index in [1.165, 1.54) is 31.3 Å². The first-order valence-electron chi connectivity index (χ1n) is 11.3. The molecule has 3 N–H and O–H groups in total. The van der Waals surface area contributed by atoms with Crippen LogP contribution in [0.2, 0.25) is 0 Å². The largest absolute Gasteiger partial charge is 0.465 e. The van der Waals surface area contributed by atoms with Crippen LogP contribution in [0.25, 0.3) is 10.9 Å². The number of hydrogen-bond acceptors (Lipinski definition) is 7. The number of likely N-dealkylation sites (tertiary alicyclic amines) is 1. The molecule has 190 valence electrons. The summed E-state index contributed by atoms with van der Waals surface area (Å²) < 4.78 is 27.9. The van der Waals surface area contributed by atoms with Crippen molar-refractivity contribution in [3.05, 3.63) is 46.4 Å². The van der Waals surface area contributed by atoms with Gasteiger partial charge in [0.25, 0.3) is 5.56 Å². The minimum atomic E-state index is -3.62. The van der Waals surface area contributed by atoms with Crippen molar-refractivity contribution in [2.24, 2.45) is 0 Å². The minimum absolute atomic E-state index is 0.0969. The maximum Gasteiger partial charge on any atom is 0.407 e. The number of carbonyl (C=O) groups is 1. The molecule has 0 radical (unpaired) electrons. The van der Waals surface area contributed by atoms with E-state index in [4.69, 9.17) is 5.10 Å². The Hall–Kier alpha value is -3.89. The molecule has 0 spiro atoms. The Kier molecular flexibility index (Phi) is 6.50. The van der Waals surface area contributed by atoms with Gasteiger partial charge in [0.05, 0.1) is 28.4 Å². The van der Waals surface area contributed by atoms with Crippen LogP contribution in [0, 0.1) is 18.3 Å². The van der Waals surface area contributed by atoms with Crippen molar-refractivity contribution >= 4 is 38.5 Å². The van der Waals surface area contributed by atoms with Crippen LogP contribution < -0.4 is 10.9 Å². The van der Waals surface area contributed by atoms with E-state index in [-0.39, 0.29) is 41.2 Å². The van der Waals surface area contributed by atoms with E-state index in [1.807, 2.05) is 0 Å². The summed E-state index contributed by atoms with van der Waals surface area (Å²) in [6.45, 7) is 2.17. The highest BCUT2D eigenvalue weighted by Gasteiger charge is 2.40. The first-order chi connectivity index (χ1) is 17.0. The van der Waals surface area contributed by atoms with Crippen LogP contribution in [0.5, 0.6) is 0 Å². The fourth-order valence-electron chi connectivity index (χ4n) is 4.60. The van der Waals surface area contributed by atoms with Crippen molar-refractivity contribution < 1.29 is 18.3 Å². The smallest absolute Gasteiger partial charge is 0.407 e. The topological polar surface area (TPSA) is 164 Å². The zero-order valence-corrected chi connectivity index (χ0v) is 21.0. The number of pyridine rings is 1. The van der Waals surface area contributed by atoms with Gasteiger partial charge >= 0.3 is 6.09 Å². The first-order valence-corrected chi connectivity index (χ1v) is 12.7. The Balaban J connectivity index is 1.78. The Labute approximate surface area is 207 Å². The van der Waals surface area contributed by atoms with Gasteiger partial charge in [-0.3, -0.25) is 9.48 Å². The lowest BCUT2D eigenvalue weighted by atomic mass is 9.85. The molecule has 1 amide bonds. The molecule has 0 atom stereocenters. The number of benzene rings is 1. The van der Waals surface area contributed by atoms with Crippen molar-refractivity contribution in [2.45, 2.75) is 36.6 Å². The molecule has 13 heteroatoms. The van der Waals surface area contributed by atoms with Gasteiger partial charge in [-0.2, -0.15) is 10.4 Å². The van der Waals surface area contributed by atoms with Crippen LogP contribution in [0.1, 0.15) is 24.8 Å². The van der Waals surface area contributed by atoms with Crippen molar-refractivity contribution in [2.75, 3.05) is 32.5 Å². The molecule has 0 bridgehead atoms. The summed E-state index contributed by atoms with van der Waals surface area (Å²) in [5.74, 6) is 0.257. The third-order valence-electron chi connectivity index (χ3n) is 6.62. The summed E-state index contributed by atoms with van der Waals surface area (Å²) in [5.41, 5.74) is 0.415. The molecule has 1 aromatic carbocycles. The van der Waals surface area contributed by atoms with E-state index in [0.717, 1.165) is 4.31 Å². The third-order valence-corrected chi connectivity index (χ3v) is 8.60. The minimum Gasteiger partial charge on any atom is -0.465 e. The third kappa shape index (κ3) is 4.29. The molecule has 3 aromatic rings. The molecule has 0 saturated carbocycles. The van der Waals surface area contributed by atoms with Crippen molar-refractivity contribution in [3.63, 3.8) is 0 Å². The van der Waals surface area contributed by atoms with E-state index in [2.05, 4.69) is 16.4 Å². The number of anilines is 2. The number of aromatic amines is 1. The number of nitrogens with zero attached hydrogens (tertiary/aromatic N) is 5. The molecule has 1 aliphatic rings. The lowest BCUT2D eigenvalue weighted by Crippen LogP contribution is -2.48. The number of nitrogens with one attached hydrogen (secondary N) is 2. The van der Waals surface area contributed by atoms with Crippen LogP contribution in [-0.2, 0) is 15.6 Å². The number of carboxylic acid groups (broad SMARTS) is 1. The molecule has 1 fully saturated rings. The van der Waals surface area contributed by atoms with Crippen molar-refractivity contribution in [1.82, 2.24) is 24.0 Å². The average molecular weight is 514 g/mol. The number of nitriles is 1. The van der Waals surface area contributed by atoms with Gasteiger partial charge in [-0.15, -0.1) is 0 Å². The number of rotatable bonds is 6. The molecular formula is C23H27N7O5S. The second-order valence-electron chi connectivity index (χ2n) is 9.05. The number of sulfonamides is 1. The standard InChI is InChI=1S/C23H27N7O5S/c1-15-14-16(4-5-18(15)36(34,35)28(2)3)26-20-19-17(6-11-25-21(19)31)30(27-20)23(7-10-24)8-12-29(13-9-23)22(32)33/h4-6,11,14H,7-9,12-13H2,1-3H3,(H,25,31)(H,26,27)(H,32,33). The van der Waals surface area contributed by atoms with E-state index >= 15 is 0 Å². The van der Waals surface area contributed by atoms with Crippen LogP contribution >= 0.6 is 0 Å². The van der Waals surface area contributed by atoms with E-state index in [9.17, 15) is 28.4 Å². The normalized spacial score (nSPS) is 15.7. The van der Waals surface area contributed by atoms with Gasteiger partial charge < -0.3 is 20.3 Å². The maximum absolute atomic E-state index is 12.8. The number of H-pyrrole nitrogens is 1. The van der Waals surface area contributed by atoms with Crippen molar-refractivity contribution in [1.29, 1.82) is 5.26 Å². The van der Waals surface area contributed by atoms with Gasteiger partial charge in [-0.25, -0.2) is 17.5 Å². The summed E-state index contributed by atoms with van der Waals surface area (Å²) >= 11 is 0. The summed E-state index contributed by atoms with van der Waals surface area (Å²) in [4.78, 5) is 28.4. The fourth-order valence-corrected chi connectivity index (χ4v) is 5.70. The zero-order valence-electron chi connectivity index (χ0n) is 20.1. The number of aromatic nitrogens is 3. The number of piperidine rings is 1. The van der Waals surface area contributed by atoms with E-state index < -0.39 is 21.7 Å². The monoisotopic (exact) mass is 513 g/mol. The highest BCUT2D eigenvalue weighted by atomic mass is 32.2. The SMILES string of the molecule is Cc1cc(Nc2nn(C3(CC#N)CCN(C(=O)O)CC3)c3cc[nH]c(=O)c23)ccc1S(=O)(=O)N(C)C. The van der Waals surface area contributed by atoms with Gasteiger partial charge in [0.1, 0.15) is 5.39 Å². The quantitative estimate of drug-likeness (QED) is 0.452. The summed E-state index contributed by atoms with van der Waals surface area (Å²) in [6, 6.07) is 8.66. The summed E-state index contributed by atoms with van der Waals surface area (Å²) in [7, 11) is -0.695. The zero-order chi connectivity index (χ0) is 26.3. The number of amides is 1. The van der Waals surface area contributed by atoms with Crippen LogP contribution in [0.3, 0.4) is 0 Å². The predicted octanol–water partition coefficient (Wildman–Crippen LogP) is 2.41. The van der Waals surface area contributed by atoms with Gasteiger partial charge in [0.15, 0.2) is 5.82 Å². The maximum atomic E-state index is 12.8. The molecule has 12 nitrogen and oxygen atoms in total. The van der Waals surface area contributed by atoms with Gasteiger partial charge in [0.2, 0.25) is 10.0 Å². The molecule has 4 rings (SSSR count). The Morgan fingerprint density at radius 1 is 1.31 bits per heavy atom. The number of hydrogen-bond donors (Lipinski definition) is 3. The van der Waals surface area contributed by atoms with Crippen molar-refractivity contribution in [3.8, 4) is 6.07 Å². The molecule has 3 heterocycles. The second kappa shape index (κ2) is 9.29. The number of aryl methyl sites for hydroxylation is 1. The van der Waals surface area contributed by atoms with E-state index in [1.54, 1.807) is 29.8 Å². The van der Waals surface area contributed by atoms with Gasteiger partial charge in [0, 0.05) is 39.1 Å². The summed E-state index contributed by atoms with van der Waals surface area (Å²) in [5, 5.41) is 27.1. The highest BCUT2D eigenvalue weighted by molar-refractivity contribution is 7.89. The molecule has 2 aromatic heterocycles. The Bertz CT molecular complexity index is 1530. The number of fused-ring (bicyclic) bond motifs is 1. The molecule has 1 saturated heterocycles. The van der Waals surface area contributed by atoms with Crippen LogP contribution in [0.15, 0.2) is 40.2 Å². The predicted molar refractivity (Wildman–Crippen MR) is 133 cm³/mol. The highest BCUT2D eigenvalue weighted by Crippen LogP contribution is 2.37. The Morgan fingerprint density at radius 3 is 2.58 bits per heavy atom. The van der Waals surface area contributed by atoms with Crippen LogP contribution in [0.4, 0.5) is 16.3 Å². The lowest BCUT2D eigenvalue weighted by molar-refractivity contribution is 0.0912. The average Bonchev–Trinajstić information content (AvgIpc) is 3.19. The first kappa shape index (κ1) is 25.2.